The number of aromatic nitrogens is 3. The average Bonchev–Trinajstić information content (AvgIpc) is 3.33. The third-order valence-corrected chi connectivity index (χ3v) is 7.62. The van der Waals surface area contributed by atoms with Gasteiger partial charge in [-0.3, -0.25) is 14.6 Å². The van der Waals surface area contributed by atoms with Gasteiger partial charge in [0.05, 0.1) is 24.6 Å². The average molecular weight is 538 g/mol. The molecule has 0 aliphatic carbocycles. The van der Waals surface area contributed by atoms with Gasteiger partial charge in [-0.05, 0) is 62.1 Å². The number of ether oxygens (including phenoxy) is 1. The first kappa shape index (κ1) is 25.6. The molecule has 0 radical (unpaired) electrons. The van der Waals surface area contributed by atoms with Gasteiger partial charge in [0, 0.05) is 35.0 Å². The van der Waals surface area contributed by atoms with Crippen LogP contribution >= 0.6 is 0 Å². The first-order valence-electron chi connectivity index (χ1n) is 13.4. The van der Waals surface area contributed by atoms with Gasteiger partial charge < -0.3 is 15.8 Å². The zero-order chi connectivity index (χ0) is 27.6. The van der Waals surface area contributed by atoms with Crippen molar-refractivity contribution in [2.24, 2.45) is 0 Å². The molecule has 2 aliphatic heterocycles. The monoisotopic (exact) mass is 537 g/mol. The van der Waals surface area contributed by atoms with E-state index in [1.807, 2.05) is 71.0 Å². The van der Waals surface area contributed by atoms with E-state index in [1.54, 1.807) is 5.01 Å². The summed E-state index contributed by atoms with van der Waals surface area (Å²) in [6, 6.07) is 19.2. The number of piperidine rings is 1. The molecular formula is C30H31N7O3. The Bertz CT molecular complexity index is 1580. The lowest BCUT2D eigenvalue weighted by molar-refractivity contribution is -0.113. The van der Waals surface area contributed by atoms with E-state index in [0.29, 0.717) is 36.8 Å². The fourth-order valence-electron chi connectivity index (χ4n) is 5.37. The maximum Gasteiger partial charge on any atom is 0.253 e. The molecule has 10 nitrogen and oxygen atoms in total. The zero-order valence-corrected chi connectivity index (χ0v) is 22.3. The molecule has 204 valence electrons. The third-order valence-electron chi connectivity index (χ3n) is 7.62. The number of anilines is 3. The molecule has 0 saturated carbocycles. The Morgan fingerprint density at radius 1 is 1.12 bits per heavy atom. The molecule has 2 saturated heterocycles. The summed E-state index contributed by atoms with van der Waals surface area (Å²) < 4.78 is 7.24. The molecule has 2 aromatic carbocycles. The van der Waals surface area contributed by atoms with Crippen molar-refractivity contribution in [1.29, 1.82) is 0 Å². The van der Waals surface area contributed by atoms with Gasteiger partial charge in [-0.25, -0.2) is 14.5 Å². The topological polar surface area (TPSA) is 118 Å². The van der Waals surface area contributed by atoms with Gasteiger partial charge in [0.1, 0.15) is 11.8 Å². The van der Waals surface area contributed by atoms with Crippen LogP contribution in [0.5, 0.6) is 0 Å². The van der Waals surface area contributed by atoms with Crippen LogP contribution in [0.1, 0.15) is 37.8 Å². The summed E-state index contributed by atoms with van der Waals surface area (Å²) in [6.45, 7) is 3.79. The number of nitrogens with zero attached hydrogens (tertiary/aromatic N) is 5. The predicted octanol–water partition coefficient (Wildman–Crippen LogP) is 4.37. The van der Waals surface area contributed by atoms with Crippen molar-refractivity contribution >= 4 is 35.0 Å². The van der Waals surface area contributed by atoms with E-state index in [0.717, 1.165) is 59.4 Å². The number of hydrogen-bond acceptors (Lipinski definition) is 7. The molecular weight excluding hydrogens is 506 g/mol. The highest BCUT2D eigenvalue weighted by molar-refractivity contribution is 6.04. The Morgan fingerprint density at radius 2 is 1.90 bits per heavy atom. The molecule has 4 aromatic rings. The van der Waals surface area contributed by atoms with Crippen LogP contribution in [0.25, 0.3) is 16.6 Å². The summed E-state index contributed by atoms with van der Waals surface area (Å²) >= 11 is 0. The number of hydrogen-bond donors (Lipinski definition) is 2. The number of benzene rings is 2. The highest BCUT2D eigenvalue weighted by Gasteiger charge is 2.28. The second-order valence-electron chi connectivity index (χ2n) is 10.1. The third kappa shape index (κ3) is 4.66. The van der Waals surface area contributed by atoms with Gasteiger partial charge in [0.2, 0.25) is 6.41 Å². The van der Waals surface area contributed by atoms with Crippen molar-refractivity contribution < 1.29 is 14.3 Å². The molecule has 0 unspecified atom stereocenters. The highest BCUT2D eigenvalue weighted by atomic mass is 16.5. The number of amides is 2. The lowest BCUT2D eigenvalue weighted by Crippen LogP contribution is -2.44. The van der Waals surface area contributed by atoms with Gasteiger partial charge in [-0.2, -0.15) is 5.10 Å². The number of fused-ring (bicyclic) bond motifs is 1. The second-order valence-corrected chi connectivity index (χ2v) is 10.1. The Kier molecular flexibility index (Phi) is 6.91. The number of nitrogens with two attached hydrogens (primary N) is 1. The normalized spacial score (nSPS) is 16.9. The molecule has 0 spiro atoms. The summed E-state index contributed by atoms with van der Waals surface area (Å²) in [7, 11) is 0. The number of carbonyl (C=O) groups is 2. The molecule has 40 heavy (non-hydrogen) atoms. The van der Waals surface area contributed by atoms with E-state index in [9.17, 15) is 9.59 Å². The number of rotatable bonds is 7. The molecule has 2 amide bonds. The predicted molar refractivity (Wildman–Crippen MR) is 153 cm³/mol. The van der Waals surface area contributed by atoms with Crippen molar-refractivity contribution in [2.75, 3.05) is 35.8 Å². The van der Waals surface area contributed by atoms with Crippen molar-refractivity contribution in [3.63, 3.8) is 0 Å². The van der Waals surface area contributed by atoms with Crippen LogP contribution in [0, 0.1) is 0 Å². The van der Waals surface area contributed by atoms with E-state index in [1.165, 1.54) is 6.33 Å². The van der Waals surface area contributed by atoms with Crippen LogP contribution in [0.15, 0.2) is 78.3 Å². The van der Waals surface area contributed by atoms with Gasteiger partial charge in [-0.15, -0.1) is 0 Å². The minimum absolute atomic E-state index is 0.201. The van der Waals surface area contributed by atoms with Gasteiger partial charge in [-0.1, -0.05) is 30.3 Å². The first-order valence-corrected chi connectivity index (χ1v) is 13.4. The zero-order valence-electron chi connectivity index (χ0n) is 22.3. The van der Waals surface area contributed by atoms with Crippen LogP contribution in [-0.2, 0) is 14.3 Å². The number of carbonyl (C=O) groups excluding carboxylic acids is 2. The van der Waals surface area contributed by atoms with Crippen molar-refractivity contribution in [2.45, 2.75) is 32.1 Å². The van der Waals surface area contributed by atoms with Crippen LogP contribution in [0.4, 0.5) is 17.2 Å². The molecule has 0 bridgehead atoms. The van der Waals surface area contributed by atoms with E-state index in [2.05, 4.69) is 21.5 Å². The van der Waals surface area contributed by atoms with E-state index in [-0.39, 0.29) is 11.8 Å². The van der Waals surface area contributed by atoms with Crippen LogP contribution < -0.4 is 16.1 Å². The van der Waals surface area contributed by atoms with E-state index >= 15 is 0 Å². The molecule has 10 heteroatoms. The molecule has 4 heterocycles. The Balaban J connectivity index is 1.25. The summed E-state index contributed by atoms with van der Waals surface area (Å²) in [5.74, 6) is 0.474. The highest BCUT2D eigenvalue weighted by Crippen LogP contribution is 2.36. The summed E-state index contributed by atoms with van der Waals surface area (Å²) in [6.07, 6.45) is 4.88. The largest absolute Gasteiger partial charge is 0.382 e. The Hall–Kier alpha value is -4.70. The van der Waals surface area contributed by atoms with Crippen molar-refractivity contribution in [1.82, 2.24) is 19.6 Å². The number of allylic oxidation sites excluding steroid dienone is 1. The standard InChI is InChI=1S/C30H31N7O3/c1-20(26-9-5-6-14-35(26)36(19-38)24-7-3-2-4-8-24)30(39)34-23-12-10-21(11-13-23)25-15-27(22-16-40-17-22)37-28(25)29(31)32-18-33-37/h2-4,7-8,10-13,15,18-19,22H,5-6,9,14,16-17H2,1H3,(H,34,39)(H2,31,32,33)/b26-20+. The Morgan fingerprint density at radius 3 is 2.60 bits per heavy atom. The Labute approximate surface area is 232 Å². The summed E-state index contributed by atoms with van der Waals surface area (Å²) in [4.78, 5) is 29.6. The lowest BCUT2D eigenvalue weighted by Gasteiger charge is -2.39. The fraction of sp³-hybridized carbons (Fsp3) is 0.267. The van der Waals surface area contributed by atoms with Crippen LogP contribution in [-0.4, -0.2) is 51.7 Å². The minimum Gasteiger partial charge on any atom is -0.382 e. The molecule has 2 fully saturated rings. The summed E-state index contributed by atoms with van der Waals surface area (Å²) in [5.41, 5.74) is 12.8. The van der Waals surface area contributed by atoms with E-state index in [4.69, 9.17) is 10.5 Å². The molecule has 2 aliphatic rings. The summed E-state index contributed by atoms with van der Waals surface area (Å²) in [5, 5.41) is 11.0. The van der Waals surface area contributed by atoms with E-state index < -0.39 is 0 Å². The van der Waals surface area contributed by atoms with Crippen molar-refractivity contribution in [3.05, 3.63) is 84.0 Å². The number of hydrazine groups is 1. The van der Waals surface area contributed by atoms with Crippen molar-refractivity contribution in [3.8, 4) is 11.1 Å². The number of nitrogens with one attached hydrogen (secondary N) is 1. The lowest BCUT2D eigenvalue weighted by atomic mass is 10.0. The SMILES string of the molecule is C/C(C(=O)Nc1ccc(-c2cc(C3COC3)n3ncnc(N)c23)cc1)=C1/CCCCN1N(C=O)c1ccccc1. The minimum atomic E-state index is -0.201. The van der Waals surface area contributed by atoms with Crippen LogP contribution in [0.2, 0.25) is 0 Å². The smallest absolute Gasteiger partial charge is 0.253 e. The van der Waals surface area contributed by atoms with Gasteiger partial charge >= 0.3 is 0 Å². The number of para-hydroxylation sites is 1. The molecule has 0 atom stereocenters. The molecule has 6 rings (SSSR count). The van der Waals surface area contributed by atoms with Gasteiger partial charge in [0.25, 0.3) is 5.91 Å². The maximum absolute atomic E-state index is 13.3. The second kappa shape index (κ2) is 10.8. The van der Waals surface area contributed by atoms with Gasteiger partial charge in [0.15, 0.2) is 5.82 Å². The maximum atomic E-state index is 13.3. The quantitative estimate of drug-likeness (QED) is 0.266. The molecule has 2 aromatic heterocycles. The van der Waals surface area contributed by atoms with Crippen LogP contribution in [0.3, 0.4) is 0 Å². The first-order chi connectivity index (χ1) is 19.5. The fourth-order valence-corrected chi connectivity index (χ4v) is 5.37. The number of nitrogen functional groups attached to an aromatic ring is 1. The molecule has 3 N–H and O–H groups in total.